The molecule has 1 aromatic carbocycles. The van der Waals surface area contributed by atoms with E-state index in [2.05, 4.69) is 15.5 Å². The van der Waals surface area contributed by atoms with E-state index in [4.69, 9.17) is 11.6 Å². The molecule has 23 heavy (non-hydrogen) atoms. The van der Waals surface area contributed by atoms with E-state index >= 15 is 0 Å². The fourth-order valence-corrected chi connectivity index (χ4v) is 3.08. The van der Waals surface area contributed by atoms with Gasteiger partial charge in [0.15, 0.2) is 10.8 Å². The van der Waals surface area contributed by atoms with Gasteiger partial charge in [-0.15, -0.1) is 10.2 Å². The number of anilines is 1. The van der Waals surface area contributed by atoms with E-state index in [1.165, 1.54) is 11.8 Å². The minimum Gasteiger partial charge on any atom is -0.325 e. The number of pyridine rings is 1. The molecule has 2 heterocycles. The second kappa shape index (κ2) is 6.60. The van der Waals surface area contributed by atoms with Gasteiger partial charge in [0.05, 0.1) is 5.25 Å². The third-order valence-electron chi connectivity index (χ3n) is 3.39. The molecule has 1 amide bonds. The Labute approximate surface area is 143 Å². The van der Waals surface area contributed by atoms with Crippen molar-refractivity contribution in [3.05, 3.63) is 53.2 Å². The summed E-state index contributed by atoms with van der Waals surface area (Å²) < 4.78 is 1.86. The molecule has 0 spiro atoms. The summed E-state index contributed by atoms with van der Waals surface area (Å²) in [5, 5.41) is 12.1. The summed E-state index contributed by atoms with van der Waals surface area (Å²) in [5.74, 6) is -0.104. The molecule has 0 unspecified atom stereocenters. The fourth-order valence-electron chi connectivity index (χ4n) is 2.07. The highest BCUT2D eigenvalue weighted by molar-refractivity contribution is 8.00. The van der Waals surface area contributed by atoms with E-state index in [-0.39, 0.29) is 11.2 Å². The summed E-state index contributed by atoms with van der Waals surface area (Å²) >= 11 is 7.34. The Morgan fingerprint density at radius 2 is 2.13 bits per heavy atom. The van der Waals surface area contributed by atoms with E-state index in [9.17, 15) is 4.79 Å². The van der Waals surface area contributed by atoms with E-state index in [0.717, 1.165) is 16.9 Å². The first-order chi connectivity index (χ1) is 11.0. The monoisotopic (exact) mass is 346 g/mol. The number of carbonyl (C=O) groups is 1. The second-order valence-corrected chi connectivity index (χ2v) is 6.86. The topological polar surface area (TPSA) is 59.3 Å². The molecule has 3 rings (SSSR count). The summed E-state index contributed by atoms with van der Waals surface area (Å²) in [6.45, 7) is 3.76. The third kappa shape index (κ3) is 3.48. The molecule has 118 valence electrons. The number of nitrogens with one attached hydrogen (secondary N) is 1. The Hall–Kier alpha value is -2.05. The molecule has 0 aliphatic carbocycles. The standard InChI is InChI=1S/C16H15ClN4OS/c1-10-6-7-12(17)9-13(10)18-15(22)11(2)23-16-20-19-14-5-3-4-8-21(14)16/h3-9,11H,1-2H3,(H,18,22)/t11-/m1/s1. The summed E-state index contributed by atoms with van der Waals surface area (Å²) in [7, 11) is 0. The predicted octanol–water partition coefficient (Wildman–Crippen LogP) is 3.81. The van der Waals surface area contributed by atoms with Crippen LogP contribution in [0.25, 0.3) is 5.65 Å². The molecule has 3 aromatic rings. The molecule has 0 fully saturated rings. The fraction of sp³-hybridized carbons (Fsp3) is 0.188. The zero-order valence-corrected chi connectivity index (χ0v) is 14.2. The Morgan fingerprint density at radius 3 is 2.96 bits per heavy atom. The zero-order chi connectivity index (χ0) is 16.4. The lowest BCUT2D eigenvalue weighted by Gasteiger charge is -2.13. The molecular weight excluding hydrogens is 332 g/mol. The molecule has 0 bridgehead atoms. The number of aromatic nitrogens is 3. The van der Waals surface area contributed by atoms with Crippen molar-refractivity contribution >= 4 is 40.6 Å². The van der Waals surface area contributed by atoms with Crippen LogP contribution in [0.15, 0.2) is 47.8 Å². The molecule has 2 aromatic heterocycles. The van der Waals surface area contributed by atoms with Crippen LogP contribution in [0, 0.1) is 6.92 Å². The number of aryl methyl sites for hydroxylation is 1. The first-order valence-electron chi connectivity index (χ1n) is 7.08. The van der Waals surface area contributed by atoms with E-state index in [0.29, 0.717) is 10.2 Å². The number of fused-ring (bicyclic) bond motifs is 1. The highest BCUT2D eigenvalue weighted by atomic mass is 35.5. The summed E-state index contributed by atoms with van der Waals surface area (Å²) in [4.78, 5) is 12.4. The highest BCUT2D eigenvalue weighted by Gasteiger charge is 2.18. The smallest absolute Gasteiger partial charge is 0.237 e. The van der Waals surface area contributed by atoms with E-state index < -0.39 is 0 Å². The van der Waals surface area contributed by atoms with Gasteiger partial charge in [-0.1, -0.05) is 35.5 Å². The van der Waals surface area contributed by atoms with Crippen LogP contribution < -0.4 is 5.32 Å². The molecule has 7 heteroatoms. The van der Waals surface area contributed by atoms with Crippen molar-refractivity contribution in [1.29, 1.82) is 0 Å². The van der Waals surface area contributed by atoms with Crippen LogP contribution in [0.5, 0.6) is 0 Å². The number of amides is 1. The number of halogens is 1. The number of carbonyl (C=O) groups excluding carboxylic acids is 1. The van der Waals surface area contributed by atoms with E-state index in [1.54, 1.807) is 12.1 Å². The van der Waals surface area contributed by atoms with Crippen molar-refractivity contribution < 1.29 is 4.79 Å². The number of rotatable bonds is 4. The average Bonchev–Trinajstić information content (AvgIpc) is 2.94. The molecule has 0 saturated carbocycles. The highest BCUT2D eigenvalue weighted by Crippen LogP contribution is 2.25. The lowest BCUT2D eigenvalue weighted by molar-refractivity contribution is -0.115. The van der Waals surface area contributed by atoms with Crippen molar-refractivity contribution in [1.82, 2.24) is 14.6 Å². The Kier molecular flexibility index (Phi) is 4.54. The van der Waals surface area contributed by atoms with Crippen LogP contribution in [0.2, 0.25) is 5.02 Å². The molecule has 0 aliphatic heterocycles. The second-order valence-electron chi connectivity index (χ2n) is 5.12. The van der Waals surface area contributed by atoms with Crippen LogP contribution in [-0.2, 0) is 4.79 Å². The van der Waals surface area contributed by atoms with Crippen molar-refractivity contribution in [3.8, 4) is 0 Å². The van der Waals surface area contributed by atoms with Crippen LogP contribution >= 0.6 is 23.4 Å². The molecule has 0 radical (unpaired) electrons. The quantitative estimate of drug-likeness (QED) is 0.730. The van der Waals surface area contributed by atoms with Gasteiger partial charge in [-0.3, -0.25) is 9.20 Å². The zero-order valence-electron chi connectivity index (χ0n) is 12.7. The lowest BCUT2D eigenvalue weighted by atomic mass is 10.2. The maximum absolute atomic E-state index is 12.4. The molecule has 1 N–H and O–H groups in total. The molecule has 1 atom stereocenters. The Balaban J connectivity index is 1.74. The summed E-state index contributed by atoms with van der Waals surface area (Å²) in [6.07, 6.45) is 1.88. The summed E-state index contributed by atoms with van der Waals surface area (Å²) in [5.41, 5.74) is 2.45. The number of thioether (sulfide) groups is 1. The SMILES string of the molecule is Cc1ccc(Cl)cc1NC(=O)[C@@H](C)Sc1nnc2ccccn12. The average molecular weight is 347 g/mol. The minimum absolute atomic E-state index is 0.104. The maximum atomic E-state index is 12.4. The minimum atomic E-state index is -0.319. The molecular formula is C16H15ClN4OS. The van der Waals surface area contributed by atoms with Crippen LogP contribution in [0.3, 0.4) is 0 Å². The normalized spacial score (nSPS) is 12.3. The van der Waals surface area contributed by atoms with Crippen LogP contribution in [-0.4, -0.2) is 25.8 Å². The first kappa shape index (κ1) is 15.8. The first-order valence-corrected chi connectivity index (χ1v) is 8.34. The number of hydrogen-bond acceptors (Lipinski definition) is 4. The summed E-state index contributed by atoms with van der Waals surface area (Å²) in [6, 6.07) is 11.1. The van der Waals surface area contributed by atoms with Gasteiger partial charge in [0, 0.05) is 16.9 Å². The van der Waals surface area contributed by atoms with Gasteiger partial charge < -0.3 is 5.32 Å². The van der Waals surface area contributed by atoms with Gasteiger partial charge in [0.1, 0.15) is 0 Å². The van der Waals surface area contributed by atoms with Crippen molar-refractivity contribution in [2.75, 3.05) is 5.32 Å². The Bertz CT molecular complexity index is 864. The van der Waals surface area contributed by atoms with Gasteiger partial charge >= 0.3 is 0 Å². The molecule has 5 nitrogen and oxygen atoms in total. The molecule has 0 saturated heterocycles. The van der Waals surface area contributed by atoms with Gasteiger partial charge in [-0.25, -0.2) is 0 Å². The van der Waals surface area contributed by atoms with Crippen LogP contribution in [0.1, 0.15) is 12.5 Å². The molecule has 0 aliphatic rings. The number of nitrogens with zero attached hydrogens (tertiary/aromatic N) is 3. The van der Waals surface area contributed by atoms with Crippen molar-refractivity contribution in [2.24, 2.45) is 0 Å². The van der Waals surface area contributed by atoms with Crippen LogP contribution in [0.4, 0.5) is 5.69 Å². The Morgan fingerprint density at radius 1 is 1.30 bits per heavy atom. The largest absolute Gasteiger partial charge is 0.325 e. The number of benzene rings is 1. The predicted molar refractivity (Wildman–Crippen MR) is 93.1 cm³/mol. The van der Waals surface area contributed by atoms with Gasteiger partial charge in [-0.05, 0) is 43.7 Å². The maximum Gasteiger partial charge on any atom is 0.237 e. The number of hydrogen-bond donors (Lipinski definition) is 1. The van der Waals surface area contributed by atoms with Crippen molar-refractivity contribution in [3.63, 3.8) is 0 Å². The van der Waals surface area contributed by atoms with Gasteiger partial charge in [0.2, 0.25) is 5.91 Å². The third-order valence-corrected chi connectivity index (χ3v) is 4.68. The lowest BCUT2D eigenvalue weighted by Crippen LogP contribution is -2.23. The van der Waals surface area contributed by atoms with Crippen molar-refractivity contribution in [2.45, 2.75) is 24.3 Å². The van der Waals surface area contributed by atoms with Gasteiger partial charge in [-0.2, -0.15) is 0 Å². The van der Waals surface area contributed by atoms with E-state index in [1.807, 2.05) is 48.7 Å². The van der Waals surface area contributed by atoms with Gasteiger partial charge in [0.25, 0.3) is 0 Å².